The van der Waals surface area contributed by atoms with Gasteiger partial charge in [-0.05, 0) is 25.1 Å². The van der Waals surface area contributed by atoms with E-state index < -0.39 is 65.5 Å². The number of alkyl halides is 3. The minimum atomic E-state index is -4.54. The van der Waals surface area contributed by atoms with Crippen LogP contribution in [0.2, 0.25) is 0 Å². The Labute approximate surface area is 224 Å². The van der Waals surface area contributed by atoms with Crippen LogP contribution in [0.15, 0.2) is 35.6 Å². The van der Waals surface area contributed by atoms with Crippen molar-refractivity contribution in [3.8, 4) is 5.75 Å². The topological polar surface area (TPSA) is 199 Å². The van der Waals surface area contributed by atoms with Crippen LogP contribution in [0.1, 0.15) is 21.6 Å². The van der Waals surface area contributed by atoms with Gasteiger partial charge in [0.05, 0.1) is 39.9 Å². The average molecular weight is 591 g/mol. The largest absolute Gasteiger partial charge is 0.484 e. The predicted molar refractivity (Wildman–Crippen MR) is 126 cm³/mol. The number of ether oxygens (including phenoxy) is 2. The molecule has 1 N–H and O–H groups in total. The summed E-state index contributed by atoms with van der Waals surface area (Å²) in [6.45, 7) is -1.84. The van der Waals surface area contributed by atoms with E-state index in [4.69, 9.17) is 9.47 Å². The summed E-state index contributed by atoms with van der Waals surface area (Å²) in [5, 5.41) is 18.6. The number of H-pyrrole nitrogens is 1. The van der Waals surface area contributed by atoms with Crippen LogP contribution in [-0.4, -0.2) is 67.9 Å². The molecular weight excluding hydrogens is 571 g/mol. The molecule has 0 fully saturated rings. The van der Waals surface area contributed by atoms with Crippen molar-refractivity contribution in [2.24, 2.45) is 5.92 Å². The molecule has 0 aliphatic carbocycles. The molecule has 0 saturated heterocycles. The molecule has 1 unspecified atom stereocenters. The van der Waals surface area contributed by atoms with Crippen LogP contribution < -0.4 is 4.74 Å². The number of para-hydroxylation sites is 1. The highest BCUT2D eigenvalue weighted by atomic mass is 32.2. The fourth-order valence-electron chi connectivity index (χ4n) is 3.24. The van der Waals surface area contributed by atoms with E-state index in [9.17, 15) is 42.4 Å². The normalized spacial score (nSPS) is 12.2. The predicted octanol–water partition coefficient (Wildman–Crippen LogP) is 2.70. The molecule has 0 amide bonds. The van der Waals surface area contributed by atoms with Crippen LogP contribution in [0.5, 0.6) is 5.75 Å². The Bertz CT molecular complexity index is 1400. The number of aromatic nitrogens is 3. The summed E-state index contributed by atoms with van der Waals surface area (Å²) in [4.78, 5) is 53.0. The van der Waals surface area contributed by atoms with Crippen LogP contribution in [0.25, 0.3) is 11.0 Å². The Hall–Kier alpha value is -4.55. The molecule has 40 heavy (non-hydrogen) atoms. The maximum absolute atomic E-state index is 13.0. The van der Waals surface area contributed by atoms with Crippen molar-refractivity contribution >= 4 is 27.8 Å². The van der Waals surface area contributed by atoms with Gasteiger partial charge in [0, 0.05) is 17.7 Å². The fourth-order valence-corrected chi connectivity index (χ4v) is 4.34. The third-order valence-electron chi connectivity index (χ3n) is 5.13. The highest BCUT2D eigenvalue weighted by Gasteiger charge is 2.29. The van der Waals surface area contributed by atoms with Crippen molar-refractivity contribution < 1.29 is 51.5 Å². The molecule has 0 bridgehead atoms. The molecular formula is C21H20F3N5O10S. The van der Waals surface area contributed by atoms with Gasteiger partial charge in [-0.15, -0.1) is 20.2 Å². The van der Waals surface area contributed by atoms with Crippen molar-refractivity contribution in [1.29, 1.82) is 0 Å². The molecule has 0 spiro atoms. The molecule has 216 valence electrons. The molecule has 15 nitrogen and oxygen atoms in total. The van der Waals surface area contributed by atoms with Crippen molar-refractivity contribution in [3.05, 3.63) is 67.5 Å². The molecule has 0 saturated carbocycles. The van der Waals surface area contributed by atoms with Gasteiger partial charge in [0.1, 0.15) is 24.5 Å². The lowest BCUT2D eigenvalue weighted by Gasteiger charge is -2.14. The van der Waals surface area contributed by atoms with E-state index in [2.05, 4.69) is 24.6 Å². The summed E-state index contributed by atoms with van der Waals surface area (Å²) in [5.74, 6) is -2.29. The van der Waals surface area contributed by atoms with Gasteiger partial charge in [-0.25, -0.2) is 9.78 Å². The Balaban J connectivity index is 1.73. The minimum absolute atomic E-state index is 0.0605. The summed E-state index contributed by atoms with van der Waals surface area (Å²) in [6, 6.07) is 5.61. The Morgan fingerprint density at radius 2 is 1.80 bits per heavy atom. The summed E-state index contributed by atoms with van der Waals surface area (Å²) >= 11 is 0. The third kappa shape index (κ3) is 8.48. The third-order valence-corrected chi connectivity index (χ3v) is 6.29. The van der Waals surface area contributed by atoms with E-state index in [0.29, 0.717) is 5.52 Å². The van der Waals surface area contributed by atoms with Gasteiger partial charge in [-0.2, -0.15) is 13.2 Å². The standard InChI is InChI=1S/C21H20F3N5O10S/c1-12-16(25-6-5-17(12)37-11-21(22,23)24)10-40(35)20-26-15-4-2-3-14(18(15)27-20)19(30)36-7-13(8-38-28(31)32)9-39-29(33)34/h2-6,13H,7-11H2,1H3,(H,26,27). The van der Waals surface area contributed by atoms with Gasteiger partial charge in [0.2, 0.25) is 0 Å². The molecule has 0 aliphatic heterocycles. The molecule has 1 atom stereocenters. The number of carbonyl (C=O) groups excluding carboxylic acids is 1. The first-order chi connectivity index (χ1) is 18.8. The van der Waals surface area contributed by atoms with E-state index in [-0.39, 0.29) is 39.0 Å². The van der Waals surface area contributed by atoms with E-state index >= 15 is 0 Å². The maximum atomic E-state index is 13.0. The van der Waals surface area contributed by atoms with Crippen molar-refractivity contribution in [2.45, 2.75) is 24.0 Å². The van der Waals surface area contributed by atoms with Crippen LogP contribution in [-0.2, 0) is 31.0 Å². The number of carbonyl (C=O) groups is 1. The second kappa shape index (κ2) is 13.0. The summed E-state index contributed by atoms with van der Waals surface area (Å²) in [5.41, 5.74) is 0.769. The molecule has 3 rings (SSSR count). The monoisotopic (exact) mass is 591 g/mol. The van der Waals surface area contributed by atoms with Crippen LogP contribution in [0, 0.1) is 33.1 Å². The second-order valence-electron chi connectivity index (χ2n) is 8.02. The van der Waals surface area contributed by atoms with Gasteiger partial charge >= 0.3 is 12.1 Å². The zero-order valence-electron chi connectivity index (χ0n) is 20.4. The number of fused-ring (bicyclic) bond motifs is 1. The SMILES string of the molecule is Cc1c(OCC(F)(F)F)ccnc1CS(=O)c1nc2c(C(=O)OCC(CO[N+](=O)[O-])CO[N+](=O)[O-])cccc2[nH]1. The first-order valence-electron chi connectivity index (χ1n) is 11.1. The average Bonchev–Trinajstić information content (AvgIpc) is 3.32. The van der Waals surface area contributed by atoms with E-state index in [1.807, 2.05) is 0 Å². The number of pyridine rings is 1. The van der Waals surface area contributed by atoms with Crippen molar-refractivity contribution in [1.82, 2.24) is 15.0 Å². The number of esters is 1. The van der Waals surface area contributed by atoms with Gasteiger partial charge in [0.25, 0.3) is 10.2 Å². The number of nitrogens with one attached hydrogen (secondary N) is 1. The number of nitrogens with zero attached hydrogens (tertiary/aromatic N) is 4. The van der Waals surface area contributed by atoms with Gasteiger partial charge in [-0.1, -0.05) is 6.07 Å². The molecule has 2 aromatic heterocycles. The molecule has 3 aromatic rings. The summed E-state index contributed by atoms with van der Waals surface area (Å²) in [6.07, 6.45) is -3.32. The number of halogens is 3. The Kier molecular flexibility index (Phi) is 9.75. The molecule has 0 radical (unpaired) electrons. The van der Waals surface area contributed by atoms with Gasteiger partial charge in [0.15, 0.2) is 11.8 Å². The van der Waals surface area contributed by atoms with Crippen molar-refractivity contribution in [3.63, 3.8) is 0 Å². The fraction of sp³-hybridized carbons (Fsp3) is 0.381. The number of hydrogen-bond acceptors (Lipinski definition) is 12. The Morgan fingerprint density at radius 3 is 2.42 bits per heavy atom. The summed E-state index contributed by atoms with van der Waals surface area (Å²) < 4.78 is 60.5. The lowest BCUT2D eigenvalue weighted by Crippen LogP contribution is -2.26. The number of benzene rings is 1. The van der Waals surface area contributed by atoms with Gasteiger partial charge < -0.3 is 24.1 Å². The highest BCUT2D eigenvalue weighted by molar-refractivity contribution is 7.84. The second-order valence-corrected chi connectivity index (χ2v) is 9.39. The number of rotatable bonds is 14. The first-order valence-corrected chi connectivity index (χ1v) is 12.4. The Morgan fingerprint density at radius 1 is 1.12 bits per heavy atom. The summed E-state index contributed by atoms with van der Waals surface area (Å²) in [7, 11) is -1.87. The van der Waals surface area contributed by atoms with Gasteiger partial charge in [-0.3, -0.25) is 9.19 Å². The molecule has 19 heteroatoms. The number of aromatic amines is 1. The van der Waals surface area contributed by atoms with E-state index in [1.54, 1.807) is 0 Å². The highest BCUT2D eigenvalue weighted by Crippen LogP contribution is 2.25. The van der Waals surface area contributed by atoms with E-state index in [0.717, 1.165) is 0 Å². The number of imidazole rings is 1. The zero-order chi connectivity index (χ0) is 29.4. The quantitative estimate of drug-likeness (QED) is 0.164. The van der Waals surface area contributed by atoms with Crippen LogP contribution >= 0.6 is 0 Å². The minimum Gasteiger partial charge on any atom is -0.484 e. The molecule has 0 aliphatic rings. The van der Waals surface area contributed by atoms with Crippen LogP contribution in [0.3, 0.4) is 0 Å². The molecule has 1 aromatic carbocycles. The lowest BCUT2D eigenvalue weighted by molar-refractivity contribution is -0.768. The van der Waals surface area contributed by atoms with Crippen LogP contribution in [0.4, 0.5) is 13.2 Å². The maximum Gasteiger partial charge on any atom is 0.422 e. The van der Waals surface area contributed by atoms with Crippen molar-refractivity contribution in [2.75, 3.05) is 26.4 Å². The lowest BCUT2D eigenvalue weighted by atomic mass is 10.2. The molecule has 2 heterocycles. The first kappa shape index (κ1) is 30.0. The smallest absolute Gasteiger partial charge is 0.422 e. The zero-order valence-corrected chi connectivity index (χ0v) is 21.2. The van der Waals surface area contributed by atoms with E-state index in [1.165, 1.54) is 37.4 Å². The number of hydrogen-bond donors (Lipinski definition) is 1.